The largest absolute Gasteiger partial charge is 0.355 e. The number of carbonyl (C=O) groups is 1. The van der Waals surface area contributed by atoms with Crippen molar-refractivity contribution in [3.8, 4) is 0 Å². The maximum atomic E-state index is 12.4. The van der Waals surface area contributed by atoms with E-state index in [1.165, 1.54) is 0 Å². The standard InChI is InChI=1S/C17H36N2O/c1-8-10-11-17(7,15(20)18-12-9-2)19-13-16(5,6)14(3)4/h14,19H,8-13H2,1-7H3,(H,18,20). The summed E-state index contributed by atoms with van der Waals surface area (Å²) in [6.45, 7) is 16.9. The maximum Gasteiger partial charge on any atom is 0.240 e. The van der Waals surface area contributed by atoms with Crippen molar-refractivity contribution >= 4 is 5.91 Å². The van der Waals surface area contributed by atoms with Gasteiger partial charge in [-0.3, -0.25) is 4.79 Å². The van der Waals surface area contributed by atoms with Gasteiger partial charge in [-0.1, -0.05) is 54.4 Å². The van der Waals surface area contributed by atoms with Gasteiger partial charge in [0.1, 0.15) is 0 Å². The Morgan fingerprint density at radius 3 is 2.15 bits per heavy atom. The summed E-state index contributed by atoms with van der Waals surface area (Å²) in [5.41, 5.74) is -0.254. The van der Waals surface area contributed by atoms with Gasteiger partial charge in [-0.2, -0.15) is 0 Å². The van der Waals surface area contributed by atoms with Crippen LogP contribution >= 0.6 is 0 Å². The van der Waals surface area contributed by atoms with E-state index >= 15 is 0 Å². The Bertz CT molecular complexity index is 287. The van der Waals surface area contributed by atoms with Crippen LogP contribution in [0.2, 0.25) is 0 Å². The second kappa shape index (κ2) is 8.66. The molecule has 3 nitrogen and oxygen atoms in total. The molecule has 0 rings (SSSR count). The van der Waals surface area contributed by atoms with Gasteiger partial charge < -0.3 is 10.6 Å². The molecular formula is C17H36N2O. The van der Waals surface area contributed by atoms with Crippen molar-refractivity contribution in [3.05, 3.63) is 0 Å². The Labute approximate surface area is 126 Å². The lowest BCUT2D eigenvalue weighted by Crippen LogP contribution is -2.57. The SMILES string of the molecule is CCCCC(C)(NCC(C)(C)C(C)C)C(=O)NCCC. The monoisotopic (exact) mass is 284 g/mol. The average molecular weight is 284 g/mol. The first kappa shape index (κ1) is 19.4. The Balaban J connectivity index is 4.73. The second-order valence-electron chi connectivity index (χ2n) is 7.19. The van der Waals surface area contributed by atoms with Crippen molar-refractivity contribution < 1.29 is 4.79 Å². The first-order valence-electron chi connectivity index (χ1n) is 8.23. The highest BCUT2D eigenvalue weighted by molar-refractivity contribution is 5.85. The molecule has 0 heterocycles. The summed E-state index contributed by atoms with van der Waals surface area (Å²) >= 11 is 0. The highest BCUT2D eigenvalue weighted by Gasteiger charge is 2.34. The van der Waals surface area contributed by atoms with E-state index in [1.807, 2.05) is 6.92 Å². The van der Waals surface area contributed by atoms with Crippen molar-refractivity contribution in [2.75, 3.05) is 13.1 Å². The number of hydrogen-bond donors (Lipinski definition) is 2. The molecule has 0 aliphatic heterocycles. The van der Waals surface area contributed by atoms with Crippen LogP contribution in [0.3, 0.4) is 0 Å². The normalized spacial score (nSPS) is 15.2. The van der Waals surface area contributed by atoms with E-state index in [-0.39, 0.29) is 11.3 Å². The Morgan fingerprint density at radius 1 is 1.10 bits per heavy atom. The van der Waals surface area contributed by atoms with Crippen LogP contribution in [-0.4, -0.2) is 24.5 Å². The van der Waals surface area contributed by atoms with E-state index < -0.39 is 5.54 Å². The van der Waals surface area contributed by atoms with E-state index in [0.717, 1.165) is 38.8 Å². The van der Waals surface area contributed by atoms with Gasteiger partial charge in [0.2, 0.25) is 5.91 Å². The molecular weight excluding hydrogens is 248 g/mol. The molecule has 0 aliphatic carbocycles. The molecule has 2 N–H and O–H groups in total. The highest BCUT2D eigenvalue weighted by atomic mass is 16.2. The van der Waals surface area contributed by atoms with Crippen LogP contribution in [0.4, 0.5) is 0 Å². The van der Waals surface area contributed by atoms with Gasteiger partial charge in [0.25, 0.3) is 0 Å². The van der Waals surface area contributed by atoms with Crippen LogP contribution in [0.5, 0.6) is 0 Å². The molecule has 120 valence electrons. The molecule has 0 bridgehead atoms. The fraction of sp³-hybridized carbons (Fsp3) is 0.941. The molecule has 0 saturated carbocycles. The third-order valence-corrected chi connectivity index (χ3v) is 4.56. The van der Waals surface area contributed by atoms with E-state index in [1.54, 1.807) is 0 Å². The van der Waals surface area contributed by atoms with Crippen LogP contribution in [0.25, 0.3) is 0 Å². The lowest BCUT2D eigenvalue weighted by molar-refractivity contribution is -0.127. The zero-order chi connectivity index (χ0) is 15.8. The van der Waals surface area contributed by atoms with Gasteiger partial charge in [-0.05, 0) is 31.1 Å². The van der Waals surface area contributed by atoms with Crippen LogP contribution in [0.1, 0.15) is 74.1 Å². The minimum atomic E-state index is -0.447. The van der Waals surface area contributed by atoms with Gasteiger partial charge in [0.15, 0.2) is 0 Å². The van der Waals surface area contributed by atoms with E-state index in [9.17, 15) is 4.79 Å². The lowest BCUT2D eigenvalue weighted by Gasteiger charge is -2.36. The first-order chi connectivity index (χ1) is 9.19. The topological polar surface area (TPSA) is 41.1 Å². The zero-order valence-corrected chi connectivity index (χ0v) is 14.7. The number of hydrogen-bond acceptors (Lipinski definition) is 2. The second-order valence-corrected chi connectivity index (χ2v) is 7.19. The van der Waals surface area contributed by atoms with E-state index in [4.69, 9.17) is 0 Å². The number of rotatable bonds is 10. The summed E-state index contributed by atoms with van der Waals surface area (Å²) in [6.07, 6.45) is 4.07. The van der Waals surface area contributed by atoms with Gasteiger partial charge in [-0.25, -0.2) is 0 Å². The summed E-state index contributed by atoms with van der Waals surface area (Å²) in [5.74, 6) is 0.733. The number of unbranched alkanes of at least 4 members (excludes halogenated alkanes) is 1. The van der Waals surface area contributed by atoms with Crippen LogP contribution < -0.4 is 10.6 Å². The fourth-order valence-corrected chi connectivity index (χ4v) is 1.87. The molecule has 0 aromatic carbocycles. The third kappa shape index (κ3) is 6.25. The molecule has 0 saturated heterocycles. The zero-order valence-electron chi connectivity index (χ0n) is 14.7. The third-order valence-electron chi connectivity index (χ3n) is 4.56. The van der Waals surface area contributed by atoms with Crippen molar-refractivity contribution in [1.29, 1.82) is 0 Å². The van der Waals surface area contributed by atoms with E-state index in [0.29, 0.717) is 5.92 Å². The predicted molar refractivity (Wildman–Crippen MR) is 87.9 cm³/mol. The molecule has 0 fully saturated rings. The molecule has 0 aliphatic rings. The predicted octanol–water partition coefficient (Wildman–Crippen LogP) is 3.73. The molecule has 0 aromatic heterocycles. The van der Waals surface area contributed by atoms with Crippen LogP contribution in [0, 0.1) is 11.3 Å². The van der Waals surface area contributed by atoms with Crippen molar-refractivity contribution in [3.63, 3.8) is 0 Å². The van der Waals surface area contributed by atoms with Crippen LogP contribution in [0.15, 0.2) is 0 Å². The summed E-state index contributed by atoms with van der Waals surface area (Å²) in [7, 11) is 0. The Morgan fingerprint density at radius 2 is 1.70 bits per heavy atom. The quantitative estimate of drug-likeness (QED) is 0.642. The highest BCUT2D eigenvalue weighted by Crippen LogP contribution is 2.26. The summed E-state index contributed by atoms with van der Waals surface area (Å²) in [6, 6.07) is 0. The molecule has 1 atom stereocenters. The molecule has 20 heavy (non-hydrogen) atoms. The van der Waals surface area contributed by atoms with Gasteiger partial charge in [0.05, 0.1) is 5.54 Å². The minimum Gasteiger partial charge on any atom is -0.355 e. The first-order valence-corrected chi connectivity index (χ1v) is 8.23. The summed E-state index contributed by atoms with van der Waals surface area (Å²) < 4.78 is 0. The minimum absolute atomic E-state index is 0.146. The molecule has 0 aromatic rings. The van der Waals surface area contributed by atoms with Crippen molar-refractivity contribution in [2.24, 2.45) is 11.3 Å². The van der Waals surface area contributed by atoms with Crippen LogP contribution in [-0.2, 0) is 4.79 Å². The van der Waals surface area contributed by atoms with Gasteiger partial charge in [0, 0.05) is 13.1 Å². The average Bonchev–Trinajstić information content (AvgIpc) is 2.40. The molecule has 0 spiro atoms. The smallest absolute Gasteiger partial charge is 0.240 e. The number of amides is 1. The van der Waals surface area contributed by atoms with Crippen molar-refractivity contribution in [2.45, 2.75) is 79.7 Å². The fourth-order valence-electron chi connectivity index (χ4n) is 1.87. The number of nitrogens with one attached hydrogen (secondary N) is 2. The van der Waals surface area contributed by atoms with E-state index in [2.05, 4.69) is 52.2 Å². The van der Waals surface area contributed by atoms with Crippen molar-refractivity contribution in [1.82, 2.24) is 10.6 Å². The summed E-state index contributed by atoms with van der Waals surface area (Å²) in [4.78, 5) is 12.4. The summed E-state index contributed by atoms with van der Waals surface area (Å²) in [5, 5.41) is 6.60. The Hall–Kier alpha value is -0.570. The van der Waals surface area contributed by atoms with Gasteiger partial charge in [-0.15, -0.1) is 0 Å². The molecule has 3 heteroatoms. The maximum absolute atomic E-state index is 12.4. The lowest BCUT2D eigenvalue weighted by atomic mass is 9.80. The number of carbonyl (C=O) groups excluding carboxylic acids is 1. The molecule has 1 unspecified atom stereocenters. The van der Waals surface area contributed by atoms with Gasteiger partial charge >= 0.3 is 0 Å². The molecule has 1 amide bonds. The Kier molecular flexibility index (Phi) is 8.41. The molecule has 0 radical (unpaired) electrons.